The molecule has 0 spiro atoms. The van der Waals surface area contributed by atoms with Gasteiger partial charge in [-0.1, -0.05) is 42.5 Å². The fraction of sp³-hybridized carbons (Fsp3) is 0.167. The standard InChI is InChI=1S/C18H16F3NO4/c19-18(20,21)26-15-8-9-16(23)14(11-15)7-4-10-22-17(24)25-12-13-5-2-1-3-6-13/h1-9,11,23H,10,12H2,(H,22,24). The summed E-state index contributed by atoms with van der Waals surface area (Å²) >= 11 is 0. The van der Waals surface area contributed by atoms with Crippen LogP contribution in [0.5, 0.6) is 11.5 Å². The highest BCUT2D eigenvalue weighted by Crippen LogP contribution is 2.28. The van der Waals surface area contributed by atoms with Crippen LogP contribution in [0, 0.1) is 0 Å². The molecule has 0 radical (unpaired) electrons. The lowest BCUT2D eigenvalue weighted by molar-refractivity contribution is -0.274. The van der Waals surface area contributed by atoms with E-state index in [1.165, 1.54) is 12.2 Å². The number of carbonyl (C=O) groups excluding carboxylic acids is 1. The van der Waals surface area contributed by atoms with Gasteiger partial charge >= 0.3 is 12.5 Å². The van der Waals surface area contributed by atoms with E-state index in [4.69, 9.17) is 4.74 Å². The van der Waals surface area contributed by atoms with Crippen LogP contribution in [0.15, 0.2) is 54.6 Å². The zero-order valence-electron chi connectivity index (χ0n) is 13.5. The molecule has 138 valence electrons. The quantitative estimate of drug-likeness (QED) is 0.802. The number of phenolic OH excluding ortho intramolecular Hbond substituents is 1. The van der Waals surface area contributed by atoms with Gasteiger partial charge in [0.1, 0.15) is 18.1 Å². The largest absolute Gasteiger partial charge is 0.573 e. The lowest BCUT2D eigenvalue weighted by atomic mass is 10.2. The topological polar surface area (TPSA) is 67.8 Å². The molecule has 0 saturated carbocycles. The van der Waals surface area contributed by atoms with Crippen LogP contribution in [-0.2, 0) is 11.3 Å². The Morgan fingerprint density at radius 2 is 1.88 bits per heavy atom. The molecule has 1 amide bonds. The summed E-state index contributed by atoms with van der Waals surface area (Å²) in [5, 5.41) is 12.1. The number of amides is 1. The lowest BCUT2D eigenvalue weighted by Gasteiger charge is -2.10. The van der Waals surface area contributed by atoms with Crippen molar-refractivity contribution in [3.8, 4) is 11.5 Å². The maximum atomic E-state index is 12.2. The van der Waals surface area contributed by atoms with Crippen molar-refractivity contribution in [1.82, 2.24) is 5.32 Å². The van der Waals surface area contributed by atoms with Gasteiger partial charge in [0.15, 0.2) is 0 Å². The van der Waals surface area contributed by atoms with Gasteiger partial charge in [-0.15, -0.1) is 13.2 Å². The van der Waals surface area contributed by atoms with E-state index in [9.17, 15) is 23.1 Å². The van der Waals surface area contributed by atoms with E-state index < -0.39 is 18.2 Å². The van der Waals surface area contributed by atoms with E-state index in [0.717, 1.165) is 23.8 Å². The molecule has 0 aliphatic carbocycles. The maximum Gasteiger partial charge on any atom is 0.573 e. The van der Waals surface area contributed by atoms with E-state index in [1.807, 2.05) is 30.3 Å². The number of alkyl carbamates (subject to hydrolysis) is 1. The molecule has 2 N–H and O–H groups in total. The van der Waals surface area contributed by atoms with Gasteiger partial charge in [0.25, 0.3) is 0 Å². The molecule has 0 atom stereocenters. The number of carbonyl (C=O) groups is 1. The Labute approximate surface area is 147 Å². The van der Waals surface area contributed by atoms with Crippen molar-refractivity contribution < 1.29 is 32.5 Å². The average molecular weight is 367 g/mol. The summed E-state index contributed by atoms with van der Waals surface area (Å²) in [6.45, 7) is 0.186. The second kappa shape index (κ2) is 8.80. The number of benzene rings is 2. The fourth-order valence-electron chi connectivity index (χ4n) is 1.97. The molecule has 0 aliphatic rings. The van der Waals surface area contributed by atoms with Gasteiger partial charge in [-0.05, 0) is 23.8 Å². The third-order valence-corrected chi connectivity index (χ3v) is 3.11. The number of phenols is 1. The van der Waals surface area contributed by atoms with Gasteiger partial charge < -0.3 is 19.9 Å². The molecule has 0 fully saturated rings. The Morgan fingerprint density at radius 1 is 1.15 bits per heavy atom. The second-order valence-electron chi connectivity index (χ2n) is 5.11. The molecule has 2 rings (SSSR count). The Morgan fingerprint density at radius 3 is 2.58 bits per heavy atom. The highest BCUT2D eigenvalue weighted by Gasteiger charge is 2.31. The number of hydrogen-bond acceptors (Lipinski definition) is 4. The molecular weight excluding hydrogens is 351 g/mol. The number of hydrogen-bond donors (Lipinski definition) is 2. The predicted octanol–water partition coefficient (Wildman–Crippen LogP) is 4.23. The van der Waals surface area contributed by atoms with Gasteiger partial charge in [0.05, 0.1) is 0 Å². The monoisotopic (exact) mass is 367 g/mol. The first kappa shape index (κ1) is 19.2. The average Bonchev–Trinajstić information content (AvgIpc) is 2.59. The summed E-state index contributed by atoms with van der Waals surface area (Å²) in [6.07, 6.45) is -2.65. The summed E-state index contributed by atoms with van der Waals surface area (Å²) in [6, 6.07) is 12.2. The minimum Gasteiger partial charge on any atom is -0.507 e. The van der Waals surface area contributed by atoms with Crippen LogP contribution >= 0.6 is 0 Å². The van der Waals surface area contributed by atoms with Crippen LogP contribution in [0.2, 0.25) is 0 Å². The smallest absolute Gasteiger partial charge is 0.507 e. The van der Waals surface area contributed by atoms with Crippen LogP contribution in [-0.4, -0.2) is 24.1 Å². The Hall–Kier alpha value is -3.16. The molecular formula is C18H16F3NO4. The van der Waals surface area contributed by atoms with Crippen molar-refractivity contribution >= 4 is 12.2 Å². The van der Waals surface area contributed by atoms with Crippen LogP contribution < -0.4 is 10.1 Å². The third kappa shape index (κ3) is 6.76. The summed E-state index contributed by atoms with van der Waals surface area (Å²) in [5.74, 6) is -0.674. The molecule has 5 nitrogen and oxygen atoms in total. The lowest BCUT2D eigenvalue weighted by Crippen LogP contribution is -2.24. The molecule has 0 saturated heterocycles. The summed E-state index contributed by atoms with van der Waals surface area (Å²) < 4.78 is 45.4. The molecule has 2 aromatic carbocycles. The third-order valence-electron chi connectivity index (χ3n) is 3.11. The first-order valence-corrected chi connectivity index (χ1v) is 7.53. The van der Waals surface area contributed by atoms with Gasteiger partial charge in [0, 0.05) is 12.1 Å². The molecule has 0 heterocycles. The van der Waals surface area contributed by atoms with E-state index in [2.05, 4.69) is 10.1 Å². The normalized spacial score (nSPS) is 11.3. The van der Waals surface area contributed by atoms with Crippen molar-refractivity contribution in [3.63, 3.8) is 0 Å². The number of aromatic hydroxyl groups is 1. The predicted molar refractivity (Wildman–Crippen MR) is 88.5 cm³/mol. The molecule has 8 heteroatoms. The Balaban J connectivity index is 1.82. The zero-order chi connectivity index (χ0) is 19.0. The van der Waals surface area contributed by atoms with E-state index in [1.54, 1.807) is 0 Å². The van der Waals surface area contributed by atoms with Crippen LogP contribution in [0.1, 0.15) is 11.1 Å². The Bertz CT molecular complexity index is 761. The van der Waals surface area contributed by atoms with Crippen LogP contribution in [0.25, 0.3) is 6.08 Å². The van der Waals surface area contributed by atoms with Crippen molar-refractivity contribution in [2.24, 2.45) is 0 Å². The molecule has 0 unspecified atom stereocenters. The molecule has 0 aromatic heterocycles. The van der Waals surface area contributed by atoms with Crippen molar-refractivity contribution in [2.75, 3.05) is 6.54 Å². The van der Waals surface area contributed by atoms with E-state index >= 15 is 0 Å². The van der Waals surface area contributed by atoms with Crippen LogP contribution in [0.3, 0.4) is 0 Å². The minimum absolute atomic E-state index is 0.0669. The first-order chi connectivity index (χ1) is 12.3. The van der Waals surface area contributed by atoms with Crippen molar-refractivity contribution in [2.45, 2.75) is 13.0 Å². The van der Waals surface area contributed by atoms with Gasteiger partial charge in [-0.25, -0.2) is 4.79 Å². The number of ether oxygens (including phenoxy) is 2. The highest BCUT2D eigenvalue weighted by atomic mass is 19.4. The summed E-state index contributed by atoms with van der Waals surface area (Å²) in [7, 11) is 0. The van der Waals surface area contributed by atoms with Crippen molar-refractivity contribution in [3.05, 3.63) is 65.7 Å². The fourth-order valence-corrected chi connectivity index (χ4v) is 1.97. The number of alkyl halides is 3. The van der Waals surface area contributed by atoms with Gasteiger partial charge in [-0.3, -0.25) is 0 Å². The number of nitrogens with one attached hydrogen (secondary N) is 1. The highest BCUT2D eigenvalue weighted by molar-refractivity contribution is 5.68. The van der Waals surface area contributed by atoms with Gasteiger partial charge in [0.2, 0.25) is 0 Å². The molecule has 26 heavy (non-hydrogen) atoms. The molecule has 0 bridgehead atoms. The molecule has 0 aliphatic heterocycles. The van der Waals surface area contributed by atoms with Crippen molar-refractivity contribution in [1.29, 1.82) is 0 Å². The minimum atomic E-state index is -4.82. The van der Waals surface area contributed by atoms with E-state index in [0.29, 0.717) is 0 Å². The maximum absolute atomic E-state index is 12.2. The van der Waals surface area contributed by atoms with Crippen LogP contribution in [0.4, 0.5) is 18.0 Å². The first-order valence-electron chi connectivity index (χ1n) is 7.53. The summed E-state index contributed by atoms with van der Waals surface area (Å²) in [5.41, 5.74) is 0.954. The van der Waals surface area contributed by atoms with Gasteiger partial charge in [-0.2, -0.15) is 0 Å². The SMILES string of the molecule is O=C(NCC=Cc1cc(OC(F)(F)F)ccc1O)OCc1ccccc1. The number of rotatable bonds is 6. The second-order valence-corrected chi connectivity index (χ2v) is 5.11. The summed E-state index contributed by atoms with van der Waals surface area (Å²) in [4.78, 5) is 11.5. The van der Waals surface area contributed by atoms with E-state index in [-0.39, 0.29) is 24.5 Å². The molecule has 2 aromatic rings. The Kier molecular flexibility index (Phi) is 6.48. The number of halogens is 3. The zero-order valence-corrected chi connectivity index (χ0v) is 13.5.